The summed E-state index contributed by atoms with van der Waals surface area (Å²) in [7, 11) is -4.74. The van der Waals surface area contributed by atoms with E-state index in [9.17, 15) is 53.1 Å². The topological polar surface area (TPSA) is 349 Å². The Labute approximate surface area is 460 Å². The fourth-order valence-corrected chi connectivity index (χ4v) is 8.51. The number of carboxylic acid groups (broad SMARTS) is 2. The number of aliphatic hydroxyl groups excluding tert-OH is 1. The number of ketones is 2. The molecule has 78 heavy (non-hydrogen) atoms. The van der Waals surface area contributed by atoms with Crippen molar-refractivity contribution in [3.63, 3.8) is 0 Å². The predicted octanol–water partition coefficient (Wildman–Crippen LogP) is 5.27. The minimum Gasteiger partial charge on any atom is -0.481 e. The molecule has 0 saturated carbocycles. The van der Waals surface area contributed by atoms with Crippen LogP contribution in [0.4, 0.5) is 0 Å². The van der Waals surface area contributed by atoms with Crippen molar-refractivity contribution in [2.24, 2.45) is 5.92 Å². The third-order valence-corrected chi connectivity index (χ3v) is 13.0. The van der Waals surface area contributed by atoms with Crippen LogP contribution >= 0.6 is 7.82 Å². The fraction of sp³-hybridized carbons (Fsp3) is 0.741. The molecule has 0 saturated heterocycles. The standard InChI is InChI=1S/C54H91N4O19P/c1-2-43(53(67)58-47(48(61)39-59)38-42-24-27-45(28-25-42)77-78(70,71)72)20-17-18-30-55-50(63)40-76-37-35-74-33-31-56-51(64)41-75-36-34-73-32-19-21-44(60)26-29-46(54(68)69)57-49(62)22-15-13-11-9-7-5-3-4-6-8-10-12-14-16-23-52(65)66/h24-25,27-28,43,46-47,59H,2-23,26,29-41H2,1H3,(H,55,63)(H,56,64)(H,57,62)(H,58,67)(H,65,66)(H,68,69)(H2,70,71,72)/t43-,46-,47-/m0/s1. The summed E-state index contributed by atoms with van der Waals surface area (Å²) in [5.74, 6) is -4.43. The van der Waals surface area contributed by atoms with Crippen molar-refractivity contribution in [1.29, 1.82) is 0 Å². The largest absolute Gasteiger partial charge is 0.524 e. The second-order valence-corrected chi connectivity index (χ2v) is 20.4. The van der Waals surface area contributed by atoms with Gasteiger partial charge in [-0.1, -0.05) is 103 Å². The Bertz CT molecular complexity index is 1900. The number of rotatable bonds is 53. The molecule has 0 aliphatic carbocycles. The number of hydrogen-bond donors (Lipinski definition) is 9. The van der Waals surface area contributed by atoms with Crippen molar-refractivity contribution in [3.05, 3.63) is 29.8 Å². The number of carboxylic acids is 2. The number of phosphoric ester groups is 1. The normalized spacial score (nSPS) is 12.5. The van der Waals surface area contributed by atoms with Gasteiger partial charge < -0.3 is 60.1 Å². The van der Waals surface area contributed by atoms with Gasteiger partial charge in [0.25, 0.3) is 0 Å². The molecule has 1 aromatic carbocycles. The van der Waals surface area contributed by atoms with Gasteiger partial charge in [-0.2, -0.15) is 0 Å². The van der Waals surface area contributed by atoms with Gasteiger partial charge in [0.1, 0.15) is 37.4 Å². The zero-order valence-electron chi connectivity index (χ0n) is 45.9. The summed E-state index contributed by atoms with van der Waals surface area (Å²) in [6.45, 7) is 2.51. The lowest BCUT2D eigenvalue weighted by molar-refractivity contribution is -0.142. The summed E-state index contributed by atoms with van der Waals surface area (Å²) in [4.78, 5) is 115. The summed E-state index contributed by atoms with van der Waals surface area (Å²) in [6, 6.07) is 3.51. The van der Waals surface area contributed by atoms with Crippen LogP contribution in [-0.4, -0.2) is 157 Å². The van der Waals surface area contributed by atoms with Gasteiger partial charge in [-0.25, -0.2) is 9.36 Å². The Balaban J connectivity index is 2.01. The minimum atomic E-state index is -4.74. The summed E-state index contributed by atoms with van der Waals surface area (Å²) >= 11 is 0. The molecule has 0 unspecified atom stereocenters. The molecule has 1 aromatic rings. The SMILES string of the molecule is CC[C@@H](CCCCNC(=O)COCCOCCNC(=O)COCCOCCCC(=O)CC[C@H](NC(=O)CCCCCCCCCCCCCCCCC(=O)O)C(=O)O)C(=O)N[C@@H](Cc1ccc(OP(=O)(O)O)cc1)C(=O)CO. The van der Waals surface area contributed by atoms with Gasteiger partial charge in [0.15, 0.2) is 5.78 Å². The maximum atomic E-state index is 13.0. The third kappa shape index (κ3) is 41.2. The fourth-order valence-electron chi connectivity index (χ4n) is 8.11. The van der Waals surface area contributed by atoms with Crippen LogP contribution in [-0.2, 0) is 68.3 Å². The predicted molar refractivity (Wildman–Crippen MR) is 288 cm³/mol. The molecule has 1 rings (SSSR count). The average molecular weight is 1130 g/mol. The highest BCUT2D eigenvalue weighted by Crippen LogP contribution is 2.37. The van der Waals surface area contributed by atoms with Crippen molar-refractivity contribution < 1.29 is 91.5 Å². The highest BCUT2D eigenvalue weighted by Gasteiger charge is 2.25. The number of ether oxygens (including phenoxy) is 4. The molecular weight excluding hydrogens is 1040 g/mol. The lowest BCUT2D eigenvalue weighted by atomic mass is 9.96. The van der Waals surface area contributed by atoms with Gasteiger partial charge in [-0.05, 0) is 69.1 Å². The van der Waals surface area contributed by atoms with Crippen molar-refractivity contribution in [3.8, 4) is 5.75 Å². The number of phosphoric acid groups is 1. The Kier molecular flexibility index (Phi) is 41.9. The van der Waals surface area contributed by atoms with Gasteiger partial charge in [0, 0.05) is 51.3 Å². The van der Waals surface area contributed by atoms with Crippen molar-refractivity contribution in [2.75, 3.05) is 72.6 Å². The van der Waals surface area contributed by atoms with Gasteiger partial charge in [0.05, 0.1) is 39.1 Å². The van der Waals surface area contributed by atoms with Crippen LogP contribution in [0.3, 0.4) is 0 Å². The molecule has 24 heteroatoms. The monoisotopic (exact) mass is 1130 g/mol. The maximum absolute atomic E-state index is 13.0. The smallest absolute Gasteiger partial charge is 0.481 e. The molecule has 0 spiro atoms. The number of carbonyl (C=O) groups excluding carboxylic acids is 6. The van der Waals surface area contributed by atoms with E-state index in [1.165, 1.54) is 62.8 Å². The molecule has 4 amide bonds. The number of aliphatic carboxylic acids is 2. The Morgan fingerprint density at radius 3 is 1.59 bits per heavy atom. The second kappa shape index (κ2) is 45.9. The lowest BCUT2D eigenvalue weighted by Gasteiger charge is -2.21. The number of carbonyl (C=O) groups is 8. The number of nitrogens with one attached hydrogen (secondary N) is 4. The van der Waals surface area contributed by atoms with E-state index < -0.39 is 50.2 Å². The van der Waals surface area contributed by atoms with E-state index in [-0.39, 0.29) is 133 Å². The van der Waals surface area contributed by atoms with Gasteiger partial charge in [-0.15, -0.1) is 0 Å². The molecule has 446 valence electrons. The molecule has 9 N–H and O–H groups in total. The van der Waals surface area contributed by atoms with Crippen LogP contribution < -0.4 is 25.8 Å². The first-order valence-electron chi connectivity index (χ1n) is 27.8. The molecule has 0 aliphatic rings. The molecule has 3 atom stereocenters. The molecule has 0 radical (unpaired) electrons. The Hall–Kier alpha value is -4.87. The van der Waals surface area contributed by atoms with Crippen molar-refractivity contribution in [2.45, 2.75) is 180 Å². The Morgan fingerprint density at radius 1 is 0.538 bits per heavy atom. The van der Waals surface area contributed by atoms with Crippen molar-refractivity contribution >= 4 is 55.0 Å². The van der Waals surface area contributed by atoms with Crippen LogP contribution in [0.15, 0.2) is 24.3 Å². The van der Waals surface area contributed by atoms with Crippen LogP contribution in [0.2, 0.25) is 0 Å². The van der Waals surface area contributed by atoms with Crippen LogP contribution in [0.25, 0.3) is 0 Å². The number of benzene rings is 1. The van der Waals surface area contributed by atoms with E-state index in [4.69, 9.17) is 33.8 Å². The highest BCUT2D eigenvalue weighted by molar-refractivity contribution is 7.46. The Morgan fingerprint density at radius 2 is 1.06 bits per heavy atom. The number of unbranched alkanes of at least 4 members (excludes halogenated alkanes) is 14. The minimum absolute atomic E-state index is 0.0148. The van der Waals surface area contributed by atoms with Crippen LogP contribution in [0, 0.1) is 5.92 Å². The van der Waals surface area contributed by atoms with Crippen LogP contribution in [0.1, 0.15) is 167 Å². The molecule has 0 aromatic heterocycles. The van der Waals surface area contributed by atoms with E-state index in [0.29, 0.717) is 50.6 Å². The summed E-state index contributed by atoms with van der Waals surface area (Å²) < 4.78 is 37.1. The number of hydrogen-bond acceptors (Lipinski definition) is 15. The first kappa shape index (κ1) is 71.1. The number of amides is 4. The molecule has 0 fully saturated rings. The van der Waals surface area contributed by atoms with Gasteiger partial charge in [-0.3, -0.25) is 43.3 Å². The lowest BCUT2D eigenvalue weighted by Crippen LogP contribution is -2.46. The molecular formula is C54H91N4O19P. The molecule has 23 nitrogen and oxygen atoms in total. The first-order chi connectivity index (χ1) is 37.4. The average Bonchev–Trinajstić information content (AvgIpc) is 3.39. The molecule has 0 heterocycles. The van der Waals surface area contributed by atoms with Crippen LogP contribution in [0.5, 0.6) is 5.75 Å². The van der Waals surface area contributed by atoms with E-state index in [1.54, 1.807) is 0 Å². The molecule has 0 bridgehead atoms. The quantitative estimate of drug-likeness (QED) is 0.0296. The number of aliphatic hydroxyl groups is 1. The first-order valence-corrected chi connectivity index (χ1v) is 29.3. The van der Waals surface area contributed by atoms with E-state index in [0.717, 1.165) is 44.9 Å². The number of Topliss-reactive ketones (excluding diaryl/α,β-unsaturated/α-hetero) is 2. The second-order valence-electron chi connectivity index (χ2n) is 19.2. The van der Waals surface area contributed by atoms with E-state index >= 15 is 0 Å². The summed E-state index contributed by atoms with van der Waals surface area (Å²) in [6.07, 6.45) is 18.4. The summed E-state index contributed by atoms with van der Waals surface area (Å²) in [5.41, 5.74) is 0.571. The maximum Gasteiger partial charge on any atom is 0.524 e. The van der Waals surface area contributed by atoms with Crippen molar-refractivity contribution in [1.82, 2.24) is 21.3 Å². The zero-order valence-corrected chi connectivity index (χ0v) is 46.8. The zero-order chi connectivity index (χ0) is 57.7. The van der Waals surface area contributed by atoms with E-state index in [2.05, 4.69) is 25.8 Å². The molecule has 0 aliphatic heterocycles. The van der Waals surface area contributed by atoms with Gasteiger partial charge >= 0.3 is 19.8 Å². The highest BCUT2D eigenvalue weighted by atomic mass is 31.2. The summed E-state index contributed by atoms with van der Waals surface area (Å²) in [5, 5.41) is 38.4. The van der Waals surface area contributed by atoms with Gasteiger partial charge in [0.2, 0.25) is 23.6 Å². The third-order valence-electron chi connectivity index (χ3n) is 12.5. The van der Waals surface area contributed by atoms with E-state index in [1.807, 2.05) is 6.92 Å².